The third-order valence-electron chi connectivity index (χ3n) is 11.6. The van der Waals surface area contributed by atoms with Crippen molar-refractivity contribution in [3.63, 3.8) is 0 Å². The third kappa shape index (κ3) is 6.65. The number of piperidine rings is 2. The number of hydrogen-bond acceptors (Lipinski definition) is 9. The van der Waals surface area contributed by atoms with Gasteiger partial charge in [0.2, 0.25) is 0 Å². The van der Waals surface area contributed by atoms with Gasteiger partial charge in [-0.2, -0.15) is 5.10 Å². The Bertz CT molecular complexity index is 2090. The molecule has 5 aromatic rings. The number of nitrogens with one attached hydrogen (secondary N) is 1. The number of ether oxygens (including phenoxy) is 1. The fraction of sp³-hybridized carbons (Fsp3) is 0.425. The van der Waals surface area contributed by atoms with Crippen LogP contribution in [0, 0.1) is 17.0 Å². The molecular formula is C40H45F3N8O2. The summed E-state index contributed by atoms with van der Waals surface area (Å²) in [4.78, 5) is 19.6. The number of benzene rings is 2. The molecule has 3 saturated heterocycles. The van der Waals surface area contributed by atoms with E-state index in [1.165, 1.54) is 17.5 Å². The highest BCUT2D eigenvalue weighted by Crippen LogP contribution is 2.47. The standard InChI is InChI=1S/C40H45F3N8O2/c1-39(2,25-41)49-18-13-40(14-19-49)11-16-48(17-12-40)34-22-35(52-3)31(21-28(34)29-24-46-50-15-5-4-9-32(29)50)47-36-23-37(45-26-44-36)51-33(10-20-53-51)27-7-6-8-30(42)38(27)43/h4-9,15,21-24,26,33H,10-14,16-20,25H2,1-3H3,(H,44,45,47)/t33-/m1/s1. The van der Waals surface area contributed by atoms with Crippen LogP contribution in [0.4, 0.5) is 36.2 Å². The Morgan fingerprint density at radius 2 is 1.75 bits per heavy atom. The molecule has 1 N–H and O–H groups in total. The van der Waals surface area contributed by atoms with Gasteiger partial charge >= 0.3 is 0 Å². The van der Waals surface area contributed by atoms with Crippen LogP contribution in [0.2, 0.25) is 0 Å². The maximum atomic E-state index is 14.8. The minimum absolute atomic E-state index is 0.209. The van der Waals surface area contributed by atoms with Crippen molar-refractivity contribution in [2.45, 2.75) is 57.5 Å². The second-order valence-electron chi connectivity index (χ2n) is 15.1. The molecule has 3 aromatic heterocycles. The first-order valence-corrected chi connectivity index (χ1v) is 18.3. The summed E-state index contributed by atoms with van der Waals surface area (Å²) < 4.78 is 50.6. The van der Waals surface area contributed by atoms with Gasteiger partial charge in [0, 0.05) is 65.8 Å². The van der Waals surface area contributed by atoms with Crippen LogP contribution in [0.3, 0.4) is 0 Å². The Morgan fingerprint density at radius 1 is 0.962 bits per heavy atom. The zero-order valence-electron chi connectivity index (χ0n) is 30.4. The monoisotopic (exact) mass is 726 g/mol. The molecule has 13 heteroatoms. The van der Waals surface area contributed by atoms with Gasteiger partial charge in [-0.05, 0) is 82.3 Å². The van der Waals surface area contributed by atoms with Crippen LogP contribution < -0.4 is 20.0 Å². The first-order chi connectivity index (χ1) is 25.7. The average molecular weight is 727 g/mol. The van der Waals surface area contributed by atoms with Gasteiger partial charge in [0.25, 0.3) is 0 Å². The number of hydroxylamine groups is 1. The Balaban J connectivity index is 1.09. The van der Waals surface area contributed by atoms with Gasteiger partial charge in [-0.3, -0.25) is 9.74 Å². The first kappa shape index (κ1) is 35.2. The van der Waals surface area contributed by atoms with Crippen LogP contribution in [-0.2, 0) is 4.84 Å². The number of halogens is 3. The molecule has 0 radical (unpaired) electrons. The molecule has 6 heterocycles. The topological polar surface area (TPSA) is 83.3 Å². The molecule has 0 unspecified atom stereocenters. The second kappa shape index (κ2) is 14.2. The molecule has 1 spiro atoms. The number of pyridine rings is 1. The van der Waals surface area contributed by atoms with Crippen molar-refractivity contribution in [2.75, 3.05) is 61.9 Å². The minimum Gasteiger partial charge on any atom is -0.494 e. The predicted molar refractivity (Wildman–Crippen MR) is 199 cm³/mol. The lowest BCUT2D eigenvalue weighted by molar-refractivity contribution is 0.0112. The number of aromatic nitrogens is 4. The van der Waals surface area contributed by atoms with Gasteiger partial charge in [0.1, 0.15) is 24.6 Å². The molecule has 2 aromatic carbocycles. The summed E-state index contributed by atoms with van der Waals surface area (Å²) in [6.45, 7) is 7.64. The van der Waals surface area contributed by atoms with E-state index < -0.39 is 23.2 Å². The molecule has 1 atom stereocenters. The Hall–Kier alpha value is -4.88. The summed E-state index contributed by atoms with van der Waals surface area (Å²) in [5.74, 6) is -0.269. The van der Waals surface area contributed by atoms with Crippen LogP contribution in [0.5, 0.6) is 5.75 Å². The van der Waals surface area contributed by atoms with E-state index in [0.29, 0.717) is 36.1 Å². The minimum atomic E-state index is -0.902. The van der Waals surface area contributed by atoms with Gasteiger partial charge in [0.05, 0.1) is 37.2 Å². The van der Waals surface area contributed by atoms with E-state index in [4.69, 9.17) is 9.57 Å². The molecule has 8 rings (SSSR count). The van der Waals surface area contributed by atoms with Crippen molar-refractivity contribution in [1.82, 2.24) is 24.5 Å². The summed E-state index contributed by atoms with van der Waals surface area (Å²) in [5.41, 5.74) is 4.78. The van der Waals surface area contributed by atoms with Crippen molar-refractivity contribution in [2.24, 2.45) is 5.41 Å². The smallest absolute Gasteiger partial charge is 0.164 e. The largest absolute Gasteiger partial charge is 0.494 e. The molecule has 3 fully saturated rings. The van der Waals surface area contributed by atoms with Gasteiger partial charge in [0.15, 0.2) is 17.5 Å². The Morgan fingerprint density at radius 3 is 2.53 bits per heavy atom. The van der Waals surface area contributed by atoms with Crippen molar-refractivity contribution in [3.8, 4) is 16.9 Å². The van der Waals surface area contributed by atoms with Crippen molar-refractivity contribution in [1.29, 1.82) is 0 Å². The number of alkyl halides is 1. The van der Waals surface area contributed by atoms with E-state index in [1.807, 2.05) is 42.9 Å². The number of methoxy groups -OCH3 is 1. The second-order valence-corrected chi connectivity index (χ2v) is 15.1. The highest BCUT2D eigenvalue weighted by Gasteiger charge is 2.41. The van der Waals surface area contributed by atoms with E-state index in [0.717, 1.165) is 80.3 Å². The molecule has 53 heavy (non-hydrogen) atoms. The number of fused-ring (bicyclic) bond motifs is 1. The van der Waals surface area contributed by atoms with Gasteiger partial charge in [-0.15, -0.1) is 0 Å². The summed E-state index contributed by atoms with van der Waals surface area (Å²) in [7, 11) is 1.65. The lowest BCUT2D eigenvalue weighted by Crippen LogP contribution is -2.53. The van der Waals surface area contributed by atoms with E-state index >= 15 is 0 Å². The number of anilines is 4. The Kier molecular flexibility index (Phi) is 9.40. The molecule has 3 aliphatic heterocycles. The number of likely N-dealkylation sites (tertiary alicyclic amines) is 1. The van der Waals surface area contributed by atoms with E-state index in [2.05, 4.69) is 48.4 Å². The van der Waals surface area contributed by atoms with Crippen LogP contribution in [0.1, 0.15) is 57.6 Å². The predicted octanol–water partition coefficient (Wildman–Crippen LogP) is 8.14. The maximum absolute atomic E-state index is 14.8. The summed E-state index contributed by atoms with van der Waals surface area (Å²) in [6, 6.07) is 15.5. The fourth-order valence-corrected chi connectivity index (χ4v) is 8.28. The number of hydrogen-bond donors (Lipinski definition) is 1. The number of rotatable bonds is 9. The normalized spacial score (nSPS) is 19.3. The lowest BCUT2D eigenvalue weighted by Gasteiger charge is -2.50. The summed E-state index contributed by atoms with van der Waals surface area (Å²) in [6.07, 6.45) is 10.0. The van der Waals surface area contributed by atoms with Crippen molar-refractivity contribution < 1.29 is 22.7 Å². The fourth-order valence-electron chi connectivity index (χ4n) is 8.28. The highest BCUT2D eigenvalue weighted by atomic mass is 19.2. The molecule has 0 aliphatic carbocycles. The lowest BCUT2D eigenvalue weighted by atomic mass is 9.70. The van der Waals surface area contributed by atoms with Crippen LogP contribution in [-0.4, -0.2) is 76.6 Å². The summed E-state index contributed by atoms with van der Waals surface area (Å²) >= 11 is 0. The highest BCUT2D eigenvalue weighted by molar-refractivity contribution is 5.92. The Labute approximate surface area is 307 Å². The maximum Gasteiger partial charge on any atom is 0.164 e. The quantitative estimate of drug-likeness (QED) is 0.162. The van der Waals surface area contributed by atoms with Gasteiger partial charge in [-0.1, -0.05) is 18.2 Å². The first-order valence-electron chi connectivity index (χ1n) is 18.3. The van der Waals surface area contributed by atoms with Gasteiger partial charge in [-0.25, -0.2) is 32.7 Å². The molecule has 3 aliphatic rings. The SMILES string of the molecule is COc1cc(N2CCC3(CC2)CCN(C(C)(C)CF)CC3)c(-c2cnn3ccccc23)cc1Nc1cc(N2OCC[C@@H]2c2cccc(F)c2F)ncn1. The molecular weight excluding hydrogens is 681 g/mol. The van der Waals surface area contributed by atoms with Crippen LogP contribution >= 0.6 is 0 Å². The van der Waals surface area contributed by atoms with E-state index in [9.17, 15) is 13.2 Å². The van der Waals surface area contributed by atoms with Crippen LogP contribution in [0.15, 0.2) is 73.3 Å². The number of nitrogens with zero attached hydrogens (tertiary/aromatic N) is 7. The summed E-state index contributed by atoms with van der Waals surface area (Å²) in [5, 5.41) is 9.62. The molecule has 278 valence electrons. The zero-order valence-corrected chi connectivity index (χ0v) is 30.4. The van der Waals surface area contributed by atoms with Crippen LogP contribution in [0.25, 0.3) is 16.6 Å². The molecule has 0 saturated carbocycles. The molecule has 10 nitrogen and oxygen atoms in total. The van der Waals surface area contributed by atoms with E-state index in [-0.39, 0.29) is 17.7 Å². The molecule has 0 amide bonds. The van der Waals surface area contributed by atoms with Gasteiger partial charge < -0.3 is 15.0 Å². The van der Waals surface area contributed by atoms with Crippen molar-refractivity contribution >= 4 is 28.5 Å². The zero-order chi connectivity index (χ0) is 36.7. The average Bonchev–Trinajstić information content (AvgIpc) is 3.85. The molecule has 0 bridgehead atoms. The third-order valence-corrected chi connectivity index (χ3v) is 11.6. The van der Waals surface area contributed by atoms with E-state index in [1.54, 1.807) is 19.2 Å². The van der Waals surface area contributed by atoms with Crippen molar-refractivity contribution in [3.05, 3.63) is 90.5 Å².